The Bertz CT molecular complexity index is 4220. The van der Waals surface area contributed by atoms with Crippen LogP contribution in [0, 0.1) is 47.3 Å². The van der Waals surface area contributed by atoms with Gasteiger partial charge < -0.3 is 78.7 Å². The summed E-state index contributed by atoms with van der Waals surface area (Å²) in [6.45, 7) is 18.0. The Morgan fingerprint density at radius 2 is 0.769 bits per heavy atom. The van der Waals surface area contributed by atoms with Crippen LogP contribution in [-0.2, 0) is 83.5 Å². The standard InChI is InChI=1S/C36H44N4O6S.C34H42N4O5S.C10H17NO2S.C8H15NO2.2CH4.Li.2H2O/c1-23(2)18-31(34(43)38-29(22-47-24(3)41)19-28-16-17-37-33(28)42)39-35(44)32(40-36(45)46-21-25-10-5-4-6-11-25)20-27-14-9-13-26-12-7-8-15-30(26)27;1-22(2)17-29(32(40)36-27(21-44)18-26-15-16-35-31(26)39)37-33(41)30(38-34(42)43-20-23-9-4-3-5-10-23)19-25-13-8-12-24-11-6-7-14-28(24)25;1-7(6-14-8(2)12)5-9-3-4-11-10(9)13;1-6(5-10)4-7-2-3-9-8(7)11;;;;;/h4-15,23,28-29,31-32H,16-22H2,1-3H3,(H,37,42)(H,38,43)(H,39,44)(H,40,45);3-14,22,26-27,29-30,44H,15-21H2,1-2H3,(H,35,39)(H,36,40)(H,37,41)(H,38,42);7,9H,3-6H2,1-2H3,(H,11,13);6-7,10H,2-5H2,1H3,(H,9,11);2*1H4;;2*1H2/q;;;;;;+1;;/p-1/t28-,29-,31-,32-;26-,27-,29-,30-;7-,9-;6-,7-;;;;;/m0000...../s1. The van der Waals surface area contributed by atoms with Crippen LogP contribution in [0.25, 0.3) is 21.5 Å². The number of hydrogen-bond acceptors (Lipinski definition) is 19. The smallest absolute Gasteiger partial charge is 0.870 e. The van der Waals surface area contributed by atoms with Crippen LogP contribution < -0.4 is 72.0 Å². The molecular weight excluding hydrogens is 1600 g/mol. The molecule has 660 valence electrons. The third-order valence-corrected chi connectivity index (χ3v) is 22.9. The maximum absolute atomic E-state index is 13.9. The maximum atomic E-state index is 13.9. The first-order chi connectivity index (χ1) is 55.6. The van der Waals surface area contributed by atoms with Crippen molar-refractivity contribution in [2.45, 2.75) is 197 Å². The van der Waals surface area contributed by atoms with Crippen molar-refractivity contribution in [1.82, 2.24) is 53.2 Å². The minimum Gasteiger partial charge on any atom is -0.870 e. The van der Waals surface area contributed by atoms with Gasteiger partial charge in [-0.25, -0.2) is 9.59 Å². The van der Waals surface area contributed by atoms with E-state index in [1.165, 1.54) is 18.7 Å². The first-order valence-electron chi connectivity index (χ1n) is 40.3. The summed E-state index contributed by atoms with van der Waals surface area (Å²) in [6, 6.07) is 41.2. The molecule has 31 heteroatoms. The van der Waals surface area contributed by atoms with Crippen molar-refractivity contribution in [3.8, 4) is 0 Å². The van der Waals surface area contributed by atoms with Gasteiger partial charge in [0.1, 0.15) is 37.4 Å². The quantitative estimate of drug-likeness (QED) is 0.0134. The molecule has 0 spiro atoms. The minimum absolute atomic E-state index is 0. The van der Waals surface area contributed by atoms with E-state index >= 15 is 0 Å². The molecule has 121 heavy (non-hydrogen) atoms. The molecule has 4 heterocycles. The fraction of sp³-hybridized carbons (Fsp3) is 0.511. The Hall–Kier alpha value is -8.99. The molecule has 0 aliphatic carbocycles. The fourth-order valence-corrected chi connectivity index (χ4v) is 15.8. The molecule has 10 amide bonds. The van der Waals surface area contributed by atoms with Crippen molar-refractivity contribution >= 4 is 127 Å². The molecule has 10 rings (SSSR count). The van der Waals surface area contributed by atoms with Gasteiger partial charge in [-0.15, -0.1) is 0 Å². The first kappa shape index (κ1) is 108. The summed E-state index contributed by atoms with van der Waals surface area (Å²) >= 11 is 6.85. The number of hydrogen-bond donors (Lipinski definition) is 12. The zero-order valence-electron chi connectivity index (χ0n) is 69.9. The molecule has 0 saturated carbocycles. The summed E-state index contributed by atoms with van der Waals surface area (Å²) in [6.07, 6.45) is 5.45. The second-order valence-corrected chi connectivity index (χ2v) is 34.0. The molecule has 0 bridgehead atoms. The number of aliphatic hydroxyl groups is 1. The number of fused-ring (bicyclic) bond motifs is 2. The van der Waals surface area contributed by atoms with Crippen molar-refractivity contribution in [3.63, 3.8) is 0 Å². The number of thioether (sulfide) groups is 2. The molecule has 14 N–H and O–H groups in total. The Balaban J connectivity index is 0.000000617. The molecule has 6 aromatic carbocycles. The van der Waals surface area contributed by atoms with E-state index in [2.05, 4.69) is 72.7 Å². The van der Waals surface area contributed by atoms with Gasteiger partial charge in [-0.3, -0.25) is 47.9 Å². The van der Waals surface area contributed by atoms with Crippen LogP contribution in [0.5, 0.6) is 0 Å². The van der Waals surface area contributed by atoms with E-state index in [0.717, 1.165) is 100 Å². The van der Waals surface area contributed by atoms with E-state index < -0.39 is 60.1 Å². The van der Waals surface area contributed by atoms with Crippen molar-refractivity contribution < 1.29 is 102 Å². The molecule has 6 aromatic rings. The van der Waals surface area contributed by atoms with E-state index in [-0.39, 0.29) is 165 Å². The molecule has 27 nitrogen and oxygen atoms in total. The van der Waals surface area contributed by atoms with Crippen LogP contribution in [0.3, 0.4) is 0 Å². The van der Waals surface area contributed by atoms with Gasteiger partial charge in [0.2, 0.25) is 47.3 Å². The minimum atomic E-state index is -1.04. The molecule has 0 aromatic heterocycles. The molecular formula is C90H129LiN10O17S3. The number of carbonyl (C=O) groups is 12. The van der Waals surface area contributed by atoms with E-state index in [4.69, 9.17) is 14.6 Å². The largest absolute Gasteiger partial charge is 1.00 e. The maximum Gasteiger partial charge on any atom is 1.00 e. The van der Waals surface area contributed by atoms with Gasteiger partial charge in [-0.2, -0.15) is 12.6 Å². The van der Waals surface area contributed by atoms with Crippen molar-refractivity contribution in [2.75, 3.05) is 50.0 Å². The van der Waals surface area contributed by atoms with Crippen LogP contribution in [0.15, 0.2) is 146 Å². The predicted molar refractivity (Wildman–Crippen MR) is 477 cm³/mol. The van der Waals surface area contributed by atoms with Crippen molar-refractivity contribution in [1.29, 1.82) is 0 Å². The molecule has 4 aliphatic heterocycles. The van der Waals surface area contributed by atoms with Crippen LogP contribution in [-0.4, -0.2) is 172 Å². The van der Waals surface area contributed by atoms with Crippen LogP contribution in [0.2, 0.25) is 0 Å². The third kappa shape index (κ3) is 38.5. The number of nitrogens with one attached hydrogen (secondary N) is 10. The summed E-state index contributed by atoms with van der Waals surface area (Å²) in [5.41, 5.74) is 3.35. The second-order valence-electron chi connectivity index (χ2n) is 31.2. The number of alkyl carbamates (subject to hydrolysis) is 2. The number of carbonyl (C=O) groups excluding carboxylic acids is 12. The van der Waals surface area contributed by atoms with E-state index in [0.29, 0.717) is 69.0 Å². The van der Waals surface area contributed by atoms with E-state index in [9.17, 15) is 57.5 Å². The molecule has 4 fully saturated rings. The number of thiol groups is 1. The summed E-state index contributed by atoms with van der Waals surface area (Å²) in [5, 5.41) is 41.3. The summed E-state index contributed by atoms with van der Waals surface area (Å²) in [5.74, 6) is 0.726. The van der Waals surface area contributed by atoms with Gasteiger partial charge in [0.05, 0.1) is 0 Å². The first-order valence-corrected chi connectivity index (χ1v) is 42.9. The molecule has 12 atom stereocenters. The average Bonchev–Trinajstić information content (AvgIpc) is 1.62. The van der Waals surface area contributed by atoms with Gasteiger partial charge in [0, 0.05) is 112 Å². The van der Waals surface area contributed by atoms with Crippen LogP contribution >= 0.6 is 36.2 Å². The molecule has 0 unspecified atom stereocenters. The number of benzene rings is 6. The molecule has 4 aliphatic rings. The Morgan fingerprint density at radius 1 is 0.438 bits per heavy atom. The predicted octanol–water partition coefficient (Wildman–Crippen LogP) is 7.49. The monoisotopic (exact) mass is 1720 g/mol. The summed E-state index contributed by atoms with van der Waals surface area (Å²) in [7, 11) is 0. The zero-order valence-corrected chi connectivity index (χ0v) is 72.4. The number of ether oxygens (including phenoxy) is 2. The van der Waals surface area contributed by atoms with Gasteiger partial charge in [-0.05, 0) is 132 Å². The zero-order chi connectivity index (χ0) is 84.1. The van der Waals surface area contributed by atoms with Gasteiger partial charge >= 0.3 is 31.0 Å². The Morgan fingerprint density at radius 3 is 1.12 bits per heavy atom. The SMILES string of the molecule is C.C.CC(=O)SC[C@@H](C)C[C@@H]1CCNC1=O.CC(=O)SC[C@H](C[C@@H]1CCNC1=O)NC(=O)[C@H](CC(C)C)NC(=O)[C@H](Cc1cccc2ccccc12)NC(=O)OCc1ccccc1.CC(C)C[C@H](NC(=O)[C@H](Cc1cccc2ccccc12)NC(=O)OCc1ccccc1)C(=O)N[C@H](CS)C[C@@H]1CCNC1=O.C[C@H](CO)C[C@@H]1CCNC1=O.O.[Li+].[OH-]. The van der Waals surface area contributed by atoms with Crippen LogP contribution in [0.1, 0.15) is 157 Å². The fourth-order valence-electron chi connectivity index (χ4n) is 14.3. The second kappa shape index (κ2) is 57.4. The molecule has 4 saturated heterocycles. The normalized spacial score (nSPS) is 17.4. The van der Waals surface area contributed by atoms with Gasteiger partial charge in [0.15, 0.2) is 10.2 Å². The summed E-state index contributed by atoms with van der Waals surface area (Å²) in [4.78, 5) is 150. The van der Waals surface area contributed by atoms with Gasteiger partial charge in [0.25, 0.3) is 0 Å². The average molecular weight is 1730 g/mol. The molecule has 0 radical (unpaired) electrons. The number of aliphatic hydroxyl groups excluding tert-OH is 1. The Labute approximate surface area is 739 Å². The van der Waals surface area contributed by atoms with Gasteiger partial charge in [-0.1, -0.05) is 226 Å². The van der Waals surface area contributed by atoms with Crippen LogP contribution in [0.4, 0.5) is 9.59 Å². The number of rotatable bonds is 36. The van der Waals surface area contributed by atoms with E-state index in [1.54, 1.807) is 6.92 Å². The topological polar surface area (TPSA) is 425 Å². The summed E-state index contributed by atoms with van der Waals surface area (Å²) < 4.78 is 10.9. The third-order valence-electron chi connectivity index (χ3n) is 20.4. The van der Waals surface area contributed by atoms with Crippen molar-refractivity contribution in [2.24, 2.45) is 47.3 Å². The number of amides is 10. The van der Waals surface area contributed by atoms with E-state index in [1.807, 2.05) is 180 Å². The van der Waals surface area contributed by atoms with Crippen molar-refractivity contribution in [3.05, 3.63) is 168 Å². The Kier molecular flexibility index (Phi) is 51.3.